The van der Waals surface area contributed by atoms with Crippen molar-refractivity contribution in [2.45, 2.75) is 45.2 Å². The van der Waals surface area contributed by atoms with E-state index in [-0.39, 0.29) is 22.9 Å². The van der Waals surface area contributed by atoms with Crippen LogP contribution in [-0.4, -0.2) is 82.7 Å². The Labute approximate surface area is 155 Å². The van der Waals surface area contributed by atoms with Gasteiger partial charge in [0.25, 0.3) is 5.56 Å². The quantitative estimate of drug-likeness (QED) is 0.776. The Morgan fingerprint density at radius 3 is 2.31 bits per heavy atom. The van der Waals surface area contributed by atoms with Crippen molar-refractivity contribution < 1.29 is 4.79 Å². The number of likely N-dealkylation sites (N-methyl/N-ethyl adjacent to an activating group) is 1. The Balaban J connectivity index is 1.53. The Kier molecular flexibility index (Phi) is 5.48. The number of aromatic nitrogens is 2. The topological polar surface area (TPSA) is 61.7 Å². The van der Waals surface area contributed by atoms with Crippen LogP contribution in [0, 0.1) is 0 Å². The fraction of sp³-hybridized carbons (Fsp3) is 0.737. The molecule has 2 aliphatic rings. The van der Waals surface area contributed by atoms with Crippen LogP contribution in [0.5, 0.6) is 0 Å². The van der Waals surface area contributed by atoms with Gasteiger partial charge in [-0.3, -0.25) is 19.4 Å². The summed E-state index contributed by atoms with van der Waals surface area (Å²) in [7, 11) is 1.88. The van der Waals surface area contributed by atoms with Crippen LogP contribution >= 0.6 is 0 Å². The molecule has 0 aliphatic carbocycles. The molecule has 3 heterocycles. The summed E-state index contributed by atoms with van der Waals surface area (Å²) in [6.45, 7) is 12.3. The number of piperazine rings is 1. The second-order valence-electron chi connectivity index (χ2n) is 8.47. The summed E-state index contributed by atoms with van der Waals surface area (Å²) in [6.07, 6.45) is 0.939. The van der Waals surface area contributed by atoms with E-state index in [9.17, 15) is 9.59 Å². The van der Waals surface area contributed by atoms with E-state index in [0.717, 1.165) is 51.4 Å². The van der Waals surface area contributed by atoms with Gasteiger partial charge in [0.1, 0.15) is 0 Å². The van der Waals surface area contributed by atoms with Crippen LogP contribution in [0.3, 0.4) is 0 Å². The first-order valence-corrected chi connectivity index (χ1v) is 9.56. The molecule has 1 aromatic rings. The Hall–Kier alpha value is -1.73. The summed E-state index contributed by atoms with van der Waals surface area (Å²) < 4.78 is 1.59. The first kappa shape index (κ1) is 19.0. The number of likely N-dealkylation sites (tertiary alicyclic amines) is 1. The number of nitrogens with zero attached hydrogens (tertiary/aromatic N) is 5. The van der Waals surface area contributed by atoms with Crippen molar-refractivity contribution in [3.05, 3.63) is 28.2 Å². The highest BCUT2D eigenvalue weighted by Crippen LogP contribution is 2.19. The van der Waals surface area contributed by atoms with Gasteiger partial charge < -0.3 is 4.90 Å². The smallest absolute Gasteiger partial charge is 0.266 e. The molecule has 0 aromatic carbocycles. The van der Waals surface area contributed by atoms with Crippen LogP contribution < -0.4 is 5.56 Å². The van der Waals surface area contributed by atoms with E-state index >= 15 is 0 Å². The third-order valence-corrected chi connectivity index (χ3v) is 5.51. The van der Waals surface area contributed by atoms with Crippen LogP contribution in [0.4, 0.5) is 0 Å². The predicted molar refractivity (Wildman–Crippen MR) is 101 cm³/mol. The maximum atomic E-state index is 12.2. The molecule has 7 nitrogen and oxygen atoms in total. The van der Waals surface area contributed by atoms with Crippen molar-refractivity contribution in [2.75, 3.05) is 46.3 Å². The Morgan fingerprint density at radius 1 is 1.04 bits per heavy atom. The maximum absolute atomic E-state index is 12.2. The van der Waals surface area contributed by atoms with Gasteiger partial charge >= 0.3 is 0 Å². The van der Waals surface area contributed by atoms with Gasteiger partial charge in [0.15, 0.2) is 0 Å². The van der Waals surface area contributed by atoms with Crippen molar-refractivity contribution in [3.8, 4) is 0 Å². The monoisotopic (exact) mass is 361 g/mol. The highest BCUT2D eigenvalue weighted by Gasteiger charge is 2.35. The van der Waals surface area contributed by atoms with Gasteiger partial charge in [0, 0.05) is 57.8 Å². The van der Waals surface area contributed by atoms with Gasteiger partial charge in [-0.2, -0.15) is 5.10 Å². The molecule has 26 heavy (non-hydrogen) atoms. The molecule has 144 valence electrons. The SMILES string of the molecule is CN1CCC(N2CCN(CCn3nc(C(C)(C)C)ccc3=O)CC2)C1=O. The van der Waals surface area contributed by atoms with Crippen molar-refractivity contribution >= 4 is 5.91 Å². The average Bonchev–Trinajstić information content (AvgIpc) is 2.93. The van der Waals surface area contributed by atoms with E-state index in [1.807, 2.05) is 18.0 Å². The minimum absolute atomic E-state index is 0.0452. The number of hydrogen-bond donors (Lipinski definition) is 0. The molecular weight excluding hydrogens is 330 g/mol. The Morgan fingerprint density at radius 2 is 1.73 bits per heavy atom. The summed E-state index contributed by atoms with van der Waals surface area (Å²) in [5, 5.41) is 4.54. The molecule has 7 heteroatoms. The van der Waals surface area contributed by atoms with Crippen molar-refractivity contribution in [1.82, 2.24) is 24.5 Å². The average molecular weight is 361 g/mol. The number of amides is 1. The Bertz CT molecular complexity index is 701. The molecule has 0 radical (unpaired) electrons. The molecule has 0 saturated carbocycles. The summed E-state index contributed by atoms with van der Waals surface area (Å²) in [5.74, 6) is 0.258. The van der Waals surface area contributed by atoms with Crippen molar-refractivity contribution in [2.24, 2.45) is 0 Å². The van der Waals surface area contributed by atoms with Gasteiger partial charge in [0.2, 0.25) is 5.91 Å². The van der Waals surface area contributed by atoms with Gasteiger partial charge in [-0.05, 0) is 12.5 Å². The third kappa shape index (κ3) is 4.15. The number of carbonyl (C=O) groups is 1. The molecule has 2 fully saturated rings. The summed E-state index contributed by atoms with van der Waals surface area (Å²) in [4.78, 5) is 30.8. The lowest BCUT2D eigenvalue weighted by Crippen LogP contribution is -2.52. The van der Waals surface area contributed by atoms with E-state index in [1.54, 1.807) is 10.7 Å². The second-order valence-corrected chi connectivity index (χ2v) is 8.47. The van der Waals surface area contributed by atoms with Gasteiger partial charge in [0.05, 0.1) is 18.3 Å². The van der Waals surface area contributed by atoms with E-state index in [2.05, 4.69) is 35.7 Å². The van der Waals surface area contributed by atoms with E-state index < -0.39 is 0 Å². The van der Waals surface area contributed by atoms with Crippen LogP contribution in [0.15, 0.2) is 16.9 Å². The fourth-order valence-corrected chi connectivity index (χ4v) is 3.69. The molecule has 3 rings (SSSR count). The molecule has 1 atom stereocenters. The first-order valence-electron chi connectivity index (χ1n) is 9.56. The predicted octanol–water partition coefficient (Wildman–Crippen LogP) is 0.389. The lowest BCUT2D eigenvalue weighted by atomic mass is 9.92. The molecule has 1 aromatic heterocycles. The van der Waals surface area contributed by atoms with E-state index in [0.29, 0.717) is 6.54 Å². The molecule has 2 saturated heterocycles. The van der Waals surface area contributed by atoms with E-state index in [4.69, 9.17) is 0 Å². The molecule has 1 unspecified atom stereocenters. The third-order valence-electron chi connectivity index (χ3n) is 5.51. The highest BCUT2D eigenvalue weighted by atomic mass is 16.2. The zero-order valence-electron chi connectivity index (χ0n) is 16.4. The van der Waals surface area contributed by atoms with Gasteiger partial charge in [-0.15, -0.1) is 0 Å². The number of hydrogen-bond acceptors (Lipinski definition) is 5. The normalized spacial score (nSPS) is 23.0. The minimum atomic E-state index is -0.0674. The summed E-state index contributed by atoms with van der Waals surface area (Å²) in [5.41, 5.74) is 0.823. The number of rotatable bonds is 4. The van der Waals surface area contributed by atoms with Gasteiger partial charge in [-0.25, -0.2) is 4.68 Å². The van der Waals surface area contributed by atoms with Gasteiger partial charge in [-0.1, -0.05) is 20.8 Å². The molecule has 0 N–H and O–H groups in total. The van der Waals surface area contributed by atoms with Crippen molar-refractivity contribution in [3.63, 3.8) is 0 Å². The molecule has 0 spiro atoms. The zero-order valence-corrected chi connectivity index (χ0v) is 16.4. The number of carbonyl (C=O) groups excluding carboxylic acids is 1. The lowest BCUT2D eigenvalue weighted by Gasteiger charge is -2.37. The highest BCUT2D eigenvalue weighted by molar-refractivity contribution is 5.83. The minimum Gasteiger partial charge on any atom is -0.344 e. The standard InChI is InChI=1S/C19H31N5O2/c1-19(2,3)16-5-6-17(25)24(20-16)14-11-22-9-12-23(13-10-22)15-7-8-21(4)18(15)26/h5-6,15H,7-14H2,1-4H3. The second kappa shape index (κ2) is 7.48. The van der Waals surface area contributed by atoms with Crippen LogP contribution in [-0.2, 0) is 16.8 Å². The molecule has 0 bridgehead atoms. The largest absolute Gasteiger partial charge is 0.344 e. The molecule has 1 amide bonds. The fourth-order valence-electron chi connectivity index (χ4n) is 3.69. The van der Waals surface area contributed by atoms with Crippen LogP contribution in [0.1, 0.15) is 32.9 Å². The molecular formula is C19H31N5O2. The summed E-state index contributed by atoms with van der Waals surface area (Å²) >= 11 is 0. The van der Waals surface area contributed by atoms with Crippen molar-refractivity contribution in [1.29, 1.82) is 0 Å². The molecule has 2 aliphatic heterocycles. The maximum Gasteiger partial charge on any atom is 0.266 e. The zero-order chi connectivity index (χ0) is 18.9. The van der Waals surface area contributed by atoms with E-state index in [1.165, 1.54) is 0 Å². The van der Waals surface area contributed by atoms with Crippen LogP contribution in [0.2, 0.25) is 0 Å². The van der Waals surface area contributed by atoms with Crippen LogP contribution in [0.25, 0.3) is 0 Å². The summed E-state index contributed by atoms with van der Waals surface area (Å²) in [6, 6.07) is 3.51. The first-order chi connectivity index (χ1) is 12.3. The lowest BCUT2D eigenvalue weighted by molar-refractivity contribution is -0.131.